The van der Waals surface area contributed by atoms with Crippen LogP contribution in [-0.2, 0) is 11.2 Å². The Bertz CT molecular complexity index is 261. The van der Waals surface area contributed by atoms with E-state index in [4.69, 9.17) is 4.74 Å². The first-order valence-electron chi connectivity index (χ1n) is 6.16. The van der Waals surface area contributed by atoms with E-state index >= 15 is 0 Å². The van der Waals surface area contributed by atoms with Gasteiger partial charge in [-0.2, -0.15) is 0 Å². The van der Waals surface area contributed by atoms with Gasteiger partial charge in [0.25, 0.3) is 0 Å². The van der Waals surface area contributed by atoms with Crippen LogP contribution in [0.3, 0.4) is 0 Å². The molecule has 16 heavy (non-hydrogen) atoms. The second-order valence-corrected chi connectivity index (χ2v) is 4.10. The summed E-state index contributed by atoms with van der Waals surface area (Å²) in [6.07, 6.45) is 9.45. The quantitative estimate of drug-likeness (QED) is 0.626. The molecule has 89 valence electrons. The highest BCUT2D eigenvalue weighted by Crippen LogP contribution is 2.05. The van der Waals surface area contributed by atoms with Crippen molar-refractivity contribution in [2.45, 2.75) is 45.1 Å². The summed E-state index contributed by atoms with van der Waals surface area (Å²) in [6, 6.07) is 4.08. The van der Waals surface area contributed by atoms with Crippen LogP contribution in [0.1, 0.15) is 38.2 Å². The number of aromatic nitrogens is 1. The molecule has 2 nitrogen and oxygen atoms in total. The molecule has 1 unspecified atom stereocenters. The number of nitrogens with zero attached hydrogens (tertiary/aromatic N) is 1. The summed E-state index contributed by atoms with van der Waals surface area (Å²) in [5.74, 6) is 0. The first-order valence-corrected chi connectivity index (χ1v) is 6.16. The van der Waals surface area contributed by atoms with Crippen LogP contribution in [0.25, 0.3) is 0 Å². The van der Waals surface area contributed by atoms with Crippen molar-refractivity contribution in [2.75, 3.05) is 6.61 Å². The molecule has 0 aromatic carbocycles. The SMILES string of the molecule is [CH2]C(CCCC)OCCCc1cccnc1. The molecule has 0 fully saturated rings. The van der Waals surface area contributed by atoms with Crippen molar-refractivity contribution < 1.29 is 4.74 Å². The van der Waals surface area contributed by atoms with Gasteiger partial charge in [0.1, 0.15) is 0 Å². The molecule has 0 saturated heterocycles. The minimum Gasteiger partial charge on any atom is -0.378 e. The molecule has 1 rings (SSSR count). The maximum Gasteiger partial charge on any atom is 0.0576 e. The van der Waals surface area contributed by atoms with Crippen molar-refractivity contribution in [2.24, 2.45) is 0 Å². The Kier molecular flexibility index (Phi) is 6.82. The van der Waals surface area contributed by atoms with E-state index in [2.05, 4.69) is 24.9 Å². The Morgan fingerprint density at radius 3 is 3.00 bits per heavy atom. The number of aryl methyl sites for hydroxylation is 1. The van der Waals surface area contributed by atoms with Gasteiger partial charge >= 0.3 is 0 Å². The van der Waals surface area contributed by atoms with Crippen LogP contribution in [0.5, 0.6) is 0 Å². The third-order valence-electron chi connectivity index (χ3n) is 2.57. The molecular formula is C14H22NO. The minimum absolute atomic E-state index is 0.161. The largest absolute Gasteiger partial charge is 0.378 e. The third-order valence-corrected chi connectivity index (χ3v) is 2.57. The lowest BCUT2D eigenvalue weighted by molar-refractivity contribution is 0.0744. The highest BCUT2D eigenvalue weighted by atomic mass is 16.5. The lowest BCUT2D eigenvalue weighted by Crippen LogP contribution is -2.09. The molecule has 1 radical (unpaired) electrons. The second-order valence-electron chi connectivity index (χ2n) is 4.10. The van der Waals surface area contributed by atoms with Crippen LogP contribution >= 0.6 is 0 Å². The van der Waals surface area contributed by atoms with E-state index < -0.39 is 0 Å². The molecular weight excluding hydrogens is 198 g/mol. The van der Waals surface area contributed by atoms with E-state index in [-0.39, 0.29) is 6.10 Å². The van der Waals surface area contributed by atoms with E-state index in [1.807, 2.05) is 12.3 Å². The normalized spacial score (nSPS) is 12.6. The third kappa shape index (κ3) is 5.86. The predicted octanol–water partition coefficient (Wildman–Crippen LogP) is 3.42. The maximum atomic E-state index is 5.63. The zero-order valence-electron chi connectivity index (χ0n) is 10.2. The predicted molar refractivity (Wildman–Crippen MR) is 67.2 cm³/mol. The topological polar surface area (TPSA) is 22.1 Å². The second kappa shape index (κ2) is 8.28. The summed E-state index contributed by atoms with van der Waals surface area (Å²) < 4.78 is 5.63. The molecule has 0 spiro atoms. The van der Waals surface area contributed by atoms with Gasteiger partial charge in [0.2, 0.25) is 0 Å². The Morgan fingerprint density at radius 2 is 2.31 bits per heavy atom. The van der Waals surface area contributed by atoms with E-state index in [0.29, 0.717) is 0 Å². The van der Waals surface area contributed by atoms with Crippen molar-refractivity contribution in [3.63, 3.8) is 0 Å². The average Bonchev–Trinajstić information content (AvgIpc) is 2.33. The number of rotatable bonds is 8. The van der Waals surface area contributed by atoms with Gasteiger partial charge in [0.05, 0.1) is 6.10 Å². The van der Waals surface area contributed by atoms with Crippen molar-refractivity contribution in [3.8, 4) is 0 Å². The van der Waals surface area contributed by atoms with E-state index in [9.17, 15) is 0 Å². The van der Waals surface area contributed by atoms with Gasteiger partial charge in [-0.05, 0) is 37.8 Å². The highest BCUT2D eigenvalue weighted by molar-refractivity contribution is 5.08. The van der Waals surface area contributed by atoms with Gasteiger partial charge in [0, 0.05) is 19.0 Å². The van der Waals surface area contributed by atoms with Gasteiger partial charge < -0.3 is 4.74 Å². The summed E-state index contributed by atoms with van der Waals surface area (Å²) in [5.41, 5.74) is 1.28. The van der Waals surface area contributed by atoms with Crippen molar-refractivity contribution in [1.82, 2.24) is 4.98 Å². The summed E-state index contributed by atoms with van der Waals surface area (Å²) in [6.45, 7) is 6.97. The highest BCUT2D eigenvalue weighted by Gasteiger charge is 2.01. The van der Waals surface area contributed by atoms with Crippen LogP contribution in [0, 0.1) is 6.92 Å². The zero-order chi connectivity index (χ0) is 11.6. The molecule has 1 atom stereocenters. The first kappa shape index (κ1) is 13.2. The smallest absolute Gasteiger partial charge is 0.0576 e. The molecule has 0 aliphatic rings. The monoisotopic (exact) mass is 220 g/mol. The number of unbranched alkanes of at least 4 members (excludes halogenated alkanes) is 1. The van der Waals surface area contributed by atoms with Crippen molar-refractivity contribution in [3.05, 3.63) is 37.0 Å². The minimum atomic E-state index is 0.161. The fourth-order valence-corrected chi connectivity index (χ4v) is 1.59. The standard InChI is InChI=1S/C14H22NO/c1-3-4-7-13(2)16-11-6-9-14-8-5-10-15-12-14/h5,8,10,12-13H,2-4,6-7,9,11H2,1H3. The molecule has 2 heteroatoms. The molecule has 1 aromatic heterocycles. The van der Waals surface area contributed by atoms with Crippen molar-refractivity contribution in [1.29, 1.82) is 0 Å². The fourth-order valence-electron chi connectivity index (χ4n) is 1.59. The fraction of sp³-hybridized carbons (Fsp3) is 0.571. The summed E-state index contributed by atoms with van der Waals surface area (Å²) >= 11 is 0. The molecule has 0 amide bonds. The van der Waals surface area contributed by atoms with Gasteiger partial charge in [-0.1, -0.05) is 25.8 Å². The number of hydrogen-bond donors (Lipinski definition) is 0. The van der Waals surface area contributed by atoms with Crippen LogP contribution < -0.4 is 0 Å². The Morgan fingerprint density at radius 1 is 1.44 bits per heavy atom. The van der Waals surface area contributed by atoms with Crippen LogP contribution in [0.4, 0.5) is 0 Å². The lowest BCUT2D eigenvalue weighted by atomic mass is 10.1. The van der Waals surface area contributed by atoms with Gasteiger partial charge in [-0.3, -0.25) is 4.98 Å². The summed E-state index contributed by atoms with van der Waals surface area (Å²) in [4.78, 5) is 4.09. The van der Waals surface area contributed by atoms with Gasteiger partial charge in [-0.25, -0.2) is 0 Å². The van der Waals surface area contributed by atoms with E-state index in [1.165, 1.54) is 18.4 Å². The first-order chi connectivity index (χ1) is 7.83. The Labute approximate surface area is 99.0 Å². The number of pyridine rings is 1. The van der Waals surface area contributed by atoms with E-state index in [0.717, 1.165) is 25.9 Å². The van der Waals surface area contributed by atoms with E-state index in [1.54, 1.807) is 6.20 Å². The number of hydrogen-bond acceptors (Lipinski definition) is 2. The summed E-state index contributed by atoms with van der Waals surface area (Å²) in [7, 11) is 0. The van der Waals surface area contributed by atoms with Crippen LogP contribution in [0.15, 0.2) is 24.5 Å². The summed E-state index contributed by atoms with van der Waals surface area (Å²) in [5, 5.41) is 0. The van der Waals surface area contributed by atoms with Gasteiger partial charge in [-0.15, -0.1) is 0 Å². The Hall–Kier alpha value is -0.890. The van der Waals surface area contributed by atoms with Crippen LogP contribution in [0.2, 0.25) is 0 Å². The molecule has 0 bridgehead atoms. The zero-order valence-corrected chi connectivity index (χ0v) is 10.2. The lowest BCUT2D eigenvalue weighted by Gasteiger charge is -2.11. The molecule has 1 aromatic rings. The average molecular weight is 220 g/mol. The molecule has 0 N–H and O–H groups in total. The number of ether oxygens (including phenoxy) is 1. The van der Waals surface area contributed by atoms with Gasteiger partial charge in [0.15, 0.2) is 0 Å². The molecule has 1 heterocycles. The molecule has 0 saturated carbocycles. The van der Waals surface area contributed by atoms with Crippen molar-refractivity contribution >= 4 is 0 Å². The maximum absolute atomic E-state index is 5.63. The molecule has 0 aliphatic heterocycles. The van der Waals surface area contributed by atoms with Crippen LogP contribution in [-0.4, -0.2) is 17.7 Å². The Balaban J connectivity index is 2.03. The molecule has 0 aliphatic carbocycles.